The van der Waals surface area contributed by atoms with Crippen molar-refractivity contribution in [3.63, 3.8) is 0 Å². The van der Waals surface area contributed by atoms with Crippen LogP contribution in [0.4, 0.5) is 0 Å². The largest absolute Gasteiger partial charge is 0.458 e. The number of carbonyl (C=O) groups is 3. The molecule has 1 saturated heterocycles. The predicted octanol–water partition coefficient (Wildman–Crippen LogP) is 1.80. The van der Waals surface area contributed by atoms with Crippen LogP contribution in [-0.4, -0.2) is 23.1 Å². The lowest BCUT2D eigenvalue weighted by Gasteiger charge is -2.40. The molecule has 2 rings (SSSR count). The zero-order valence-corrected chi connectivity index (χ0v) is 10.2. The molecule has 1 heterocycles. The predicted molar refractivity (Wildman–Crippen MR) is 60.3 cm³/mol. The van der Waals surface area contributed by atoms with Crippen LogP contribution in [0.5, 0.6) is 0 Å². The van der Waals surface area contributed by atoms with Gasteiger partial charge in [0.25, 0.3) is 0 Å². The summed E-state index contributed by atoms with van der Waals surface area (Å²) < 4.78 is 5.44. The average Bonchev–Trinajstić information content (AvgIpc) is 2.28. The number of hydrogen-bond donors (Lipinski definition) is 0. The van der Waals surface area contributed by atoms with Gasteiger partial charge in [-0.2, -0.15) is 0 Å². The molecule has 2 fully saturated rings. The van der Waals surface area contributed by atoms with Crippen LogP contribution in [0.25, 0.3) is 0 Å². The van der Waals surface area contributed by atoms with E-state index >= 15 is 0 Å². The molecule has 94 valence electrons. The maximum Gasteiger partial charge on any atom is 0.324 e. The van der Waals surface area contributed by atoms with Gasteiger partial charge in [0.2, 0.25) is 0 Å². The second-order valence-corrected chi connectivity index (χ2v) is 5.06. The molecule has 2 aliphatic rings. The van der Waals surface area contributed by atoms with E-state index in [4.69, 9.17) is 4.74 Å². The van der Waals surface area contributed by atoms with Gasteiger partial charge in [0, 0.05) is 12.8 Å². The summed E-state index contributed by atoms with van der Waals surface area (Å²) in [6.07, 6.45) is 5.08. The number of hydrogen-bond acceptors (Lipinski definition) is 4. The first-order valence-electron chi connectivity index (χ1n) is 6.36. The Bertz CT molecular complexity index is 332. The lowest BCUT2D eigenvalue weighted by Crippen LogP contribution is -2.50. The number of carbonyl (C=O) groups excluding carboxylic acids is 3. The van der Waals surface area contributed by atoms with E-state index in [1.54, 1.807) is 6.92 Å². The highest BCUT2D eigenvalue weighted by molar-refractivity contribution is 6.18. The highest BCUT2D eigenvalue weighted by atomic mass is 16.6. The summed E-state index contributed by atoms with van der Waals surface area (Å²) in [7, 11) is 0. The summed E-state index contributed by atoms with van der Waals surface area (Å²) in [4.78, 5) is 35.3. The van der Waals surface area contributed by atoms with Gasteiger partial charge in [0.05, 0.1) is 0 Å². The Morgan fingerprint density at radius 2 is 1.94 bits per heavy atom. The van der Waals surface area contributed by atoms with Gasteiger partial charge < -0.3 is 4.74 Å². The highest BCUT2D eigenvalue weighted by Crippen LogP contribution is 2.39. The van der Waals surface area contributed by atoms with Crippen LogP contribution in [0.3, 0.4) is 0 Å². The third-order valence-electron chi connectivity index (χ3n) is 3.81. The Labute approximate surface area is 101 Å². The Balaban J connectivity index is 2.14. The number of rotatable bonds is 2. The van der Waals surface area contributed by atoms with Crippen molar-refractivity contribution < 1.29 is 19.1 Å². The number of ketones is 2. The van der Waals surface area contributed by atoms with Crippen LogP contribution in [-0.2, 0) is 19.1 Å². The minimum atomic E-state index is -1.15. The molecule has 1 aliphatic heterocycles. The van der Waals surface area contributed by atoms with Crippen LogP contribution in [0, 0.1) is 5.92 Å². The van der Waals surface area contributed by atoms with Crippen molar-refractivity contribution in [2.45, 2.75) is 57.5 Å². The maximum absolute atomic E-state index is 12.0. The SMILES string of the molecule is CCC(=O)C1C(=O)CC2(CCCCC2)OC1=O. The molecular formula is C13H18O4. The van der Waals surface area contributed by atoms with Crippen LogP contribution in [0.15, 0.2) is 0 Å². The molecule has 1 saturated carbocycles. The van der Waals surface area contributed by atoms with Crippen LogP contribution in [0.2, 0.25) is 0 Å². The molecule has 1 aliphatic carbocycles. The maximum atomic E-state index is 12.0. The molecule has 0 bridgehead atoms. The molecule has 0 aromatic rings. The molecule has 1 unspecified atom stereocenters. The van der Waals surface area contributed by atoms with Crippen molar-refractivity contribution in [2.75, 3.05) is 0 Å². The van der Waals surface area contributed by atoms with Crippen LogP contribution < -0.4 is 0 Å². The van der Waals surface area contributed by atoms with E-state index in [1.165, 1.54) is 0 Å². The normalized spacial score (nSPS) is 27.9. The van der Waals surface area contributed by atoms with Gasteiger partial charge in [-0.3, -0.25) is 14.4 Å². The zero-order chi connectivity index (χ0) is 12.5. The van der Waals surface area contributed by atoms with E-state index in [0.717, 1.165) is 32.1 Å². The molecule has 4 heteroatoms. The molecule has 1 spiro atoms. The summed E-state index contributed by atoms with van der Waals surface area (Å²) >= 11 is 0. The Morgan fingerprint density at radius 1 is 1.29 bits per heavy atom. The van der Waals surface area contributed by atoms with E-state index in [2.05, 4.69) is 0 Å². The fourth-order valence-corrected chi connectivity index (χ4v) is 2.85. The third-order valence-corrected chi connectivity index (χ3v) is 3.81. The summed E-state index contributed by atoms with van der Waals surface area (Å²) in [5.74, 6) is -2.32. The fourth-order valence-electron chi connectivity index (χ4n) is 2.85. The van der Waals surface area contributed by atoms with Crippen molar-refractivity contribution in [3.8, 4) is 0 Å². The lowest BCUT2D eigenvalue weighted by atomic mass is 9.76. The Morgan fingerprint density at radius 3 is 2.47 bits per heavy atom. The van der Waals surface area contributed by atoms with E-state index < -0.39 is 17.5 Å². The molecule has 0 N–H and O–H groups in total. The summed E-state index contributed by atoms with van der Waals surface area (Å²) in [5, 5.41) is 0. The van der Waals surface area contributed by atoms with Gasteiger partial charge in [-0.1, -0.05) is 13.3 Å². The zero-order valence-electron chi connectivity index (χ0n) is 10.2. The van der Waals surface area contributed by atoms with Gasteiger partial charge >= 0.3 is 5.97 Å². The van der Waals surface area contributed by atoms with Crippen molar-refractivity contribution >= 4 is 17.5 Å². The van der Waals surface area contributed by atoms with Crippen molar-refractivity contribution in [1.82, 2.24) is 0 Å². The minimum absolute atomic E-state index is 0.207. The molecule has 1 atom stereocenters. The quantitative estimate of drug-likeness (QED) is 0.543. The summed E-state index contributed by atoms with van der Waals surface area (Å²) in [6.45, 7) is 1.66. The topological polar surface area (TPSA) is 60.4 Å². The van der Waals surface area contributed by atoms with Crippen LogP contribution >= 0.6 is 0 Å². The van der Waals surface area contributed by atoms with Gasteiger partial charge in [-0.05, 0) is 25.7 Å². The molecule has 0 aromatic heterocycles. The summed E-state index contributed by atoms with van der Waals surface area (Å²) in [6, 6.07) is 0. The fraction of sp³-hybridized carbons (Fsp3) is 0.769. The molecule has 17 heavy (non-hydrogen) atoms. The molecule has 0 radical (unpaired) electrons. The molecule has 0 aromatic carbocycles. The number of ether oxygens (including phenoxy) is 1. The van der Waals surface area contributed by atoms with Gasteiger partial charge in [0.15, 0.2) is 17.5 Å². The van der Waals surface area contributed by atoms with Gasteiger partial charge in [-0.25, -0.2) is 0 Å². The molecule has 0 amide bonds. The lowest BCUT2D eigenvalue weighted by molar-refractivity contribution is -0.181. The van der Waals surface area contributed by atoms with Gasteiger partial charge in [0.1, 0.15) is 5.60 Å². The second kappa shape index (κ2) is 4.59. The Hall–Kier alpha value is -1.19. The first kappa shape index (κ1) is 12.3. The van der Waals surface area contributed by atoms with E-state index in [0.29, 0.717) is 0 Å². The number of esters is 1. The molecule has 4 nitrogen and oxygen atoms in total. The first-order valence-corrected chi connectivity index (χ1v) is 6.36. The van der Waals surface area contributed by atoms with Crippen molar-refractivity contribution in [1.29, 1.82) is 0 Å². The average molecular weight is 238 g/mol. The van der Waals surface area contributed by atoms with Gasteiger partial charge in [-0.15, -0.1) is 0 Å². The third kappa shape index (κ3) is 2.26. The minimum Gasteiger partial charge on any atom is -0.458 e. The van der Waals surface area contributed by atoms with Crippen molar-refractivity contribution in [2.24, 2.45) is 5.92 Å². The molecular weight excluding hydrogens is 220 g/mol. The smallest absolute Gasteiger partial charge is 0.324 e. The standard InChI is InChI=1S/C13H18O4/c1-2-9(14)11-10(15)8-13(17-12(11)16)6-4-3-5-7-13/h11H,2-8H2,1H3. The monoisotopic (exact) mass is 238 g/mol. The van der Waals surface area contributed by atoms with E-state index in [-0.39, 0.29) is 24.4 Å². The highest BCUT2D eigenvalue weighted by Gasteiger charge is 2.49. The second-order valence-electron chi connectivity index (χ2n) is 5.06. The van der Waals surface area contributed by atoms with Crippen LogP contribution in [0.1, 0.15) is 51.9 Å². The van der Waals surface area contributed by atoms with E-state index in [1.807, 2.05) is 0 Å². The van der Waals surface area contributed by atoms with E-state index in [9.17, 15) is 14.4 Å². The van der Waals surface area contributed by atoms with Crippen molar-refractivity contribution in [3.05, 3.63) is 0 Å². The summed E-state index contributed by atoms with van der Waals surface area (Å²) in [5.41, 5.74) is -0.586. The first-order chi connectivity index (χ1) is 8.08. The Kier molecular flexibility index (Phi) is 3.31. The number of Topliss-reactive ketones (excluding diaryl/α,β-unsaturated/α-hetero) is 2.